The second kappa shape index (κ2) is 5.00. The van der Waals surface area contributed by atoms with E-state index in [0.29, 0.717) is 0 Å². The number of hydrogen-bond donors (Lipinski definition) is 0. The fourth-order valence-electron chi connectivity index (χ4n) is 1.32. The van der Waals surface area contributed by atoms with Crippen molar-refractivity contribution in [3.63, 3.8) is 0 Å². The molecular weight excluding hydrogens is 177 g/mol. The molecule has 0 aliphatic rings. The lowest BCUT2D eigenvalue weighted by atomic mass is 10.1. The lowest BCUT2D eigenvalue weighted by Crippen LogP contribution is -2.40. The SMILES string of the molecule is C=C(N(CCC)C(C)(C)C)P(C)C. The first-order valence-electron chi connectivity index (χ1n) is 4.94. The first-order valence-corrected chi connectivity index (χ1v) is 7.18. The Balaban J connectivity index is 4.52. The topological polar surface area (TPSA) is 3.24 Å². The Labute approximate surface area is 85.0 Å². The molecule has 0 spiro atoms. The minimum absolute atomic E-state index is 0.0454. The summed E-state index contributed by atoms with van der Waals surface area (Å²) in [5.41, 5.74) is 1.55. The zero-order chi connectivity index (χ0) is 10.6. The summed E-state index contributed by atoms with van der Waals surface area (Å²) in [6.45, 7) is 18.9. The van der Waals surface area contributed by atoms with Crippen molar-refractivity contribution in [3.05, 3.63) is 12.0 Å². The van der Waals surface area contributed by atoms with E-state index in [0.717, 1.165) is 6.54 Å². The number of nitrogens with zero attached hydrogens (tertiary/aromatic N) is 1. The molecule has 0 radical (unpaired) electrons. The van der Waals surface area contributed by atoms with Crippen LogP contribution in [-0.4, -0.2) is 30.3 Å². The van der Waals surface area contributed by atoms with E-state index in [2.05, 4.69) is 52.5 Å². The second-order valence-electron chi connectivity index (χ2n) is 4.63. The summed E-state index contributed by atoms with van der Waals surface area (Å²) in [5.74, 6) is 0. The Bertz CT molecular complexity index is 167. The molecule has 0 fully saturated rings. The Morgan fingerprint density at radius 1 is 1.31 bits per heavy atom. The van der Waals surface area contributed by atoms with E-state index < -0.39 is 0 Å². The van der Waals surface area contributed by atoms with Crippen LogP contribution in [0.4, 0.5) is 0 Å². The molecule has 0 N–H and O–H groups in total. The Morgan fingerprint density at radius 3 is 2.00 bits per heavy atom. The van der Waals surface area contributed by atoms with Gasteiger partial charge in [0, 0.05) is 17.5 Å². The lowest BCUT2D eigenvalue weighted by Gasteiger charge is -2.40. The summed E-state index contributed by atoms with van der Waals surface area (Å²) in [6, 6.07) is 0. The molecule has 1 nitrogen and oxygen atoms in total. The highest BCUT2D eigenvalue weighted by atomic mass is 31.1. The monoisotopic (exact) mass is 201 g/mol. The number of hydrogen-bond acceptors (Lipinski definition) is 1. The summed E-state index contributed by atoms with van der Waals surface area (Å²) in [6.07, 6.45) is 1.19. The van der Waals surface area contributed by atoms with Crippen LogP contribution in [0.3, 0.4) is 0 Å². The third kappa shape index (κ3) is 4.13. The molecule has 78 valence electrons. The van der Waals surface area contributed by atoms with Gasteiger partial charge < -0.3 is 4.90 Å². The molecule has 2 heteroatoms. The van der Waals surface area contributed by atoms with Gasteiger partial charge in [-0.05, 0) is 40.5 Å². The molecule has 0 aromatic heterocycles. The number of rotatable bonds is 4. The second-order valence-corrected chi connectivity index (χ2v) is 6.94. The van der Waals surface area contributed by atoms with Gasteiger partial charge in [-0.2, -0.15) is 0 Å². The molecule has 0 amide bonds. The quantitative estimate of drug-likeness (QED) is 0.627. The largest absolute Gasteiger partial charge is 0.367 e. The minimum atomic E-state index is -0.0454. The van der Waals surface area contributed by atoms with E-state index in [-0.39, 0.29) is 13.5 Å². The smallest absolute Gasteiger partial charge is 0.0318 e. The molecular formula is C11H24NP. The minimum Gasteiger partial charge on any atom is -0.367 e. The van der Waals surface area contributed by atoms with E-state index in [9.17, 15) is 0 Å². The lowest BCUT2D eigenvalue weighted by molar-refractivity contribution is 0.199. The first-order chi connectivity index (χ1) is 5.80. The summed E-state index contributed by atoms with van der Waals surface area (Å²) >= 11 is 0. The molecule has 0 heterocycles. The molecule has 0 saturated heterocycles. The highest BCUT2D eigenvalue weighted by Gasteiger charge is 2.22. The molecule has 0 aromatic carbocycles. The van der Waals surface area contributed by atoms with Gasteiger partial charge in [0.1, 0.15) is 0 Å². The van der Waals surface area contributed by atoms with Crippen molar-refractivity contribution in [1.82, 2.24) is 4.90 Å². The van der Waals surface area contributed by atoms with Crippen LogP contribution in [0.15, 0.2) is 12.0 Å². The van der Waals surface area contributed by atoms with Gasteiger partial charge in [-0.1, -0.05) is 21.4 Å². The summed E-state index contributed by atoms with van der Waals surface area (Å²) < 4.78 is 0. The maximum Gasteiger partial charge on any atom is 0.0318 e. The molecule has 0 rings (SSSR count). The maximum atomic E-state index is 4.19. The van der Waals surface area contributed by atoms with Crippen molar-refractivity contribution in [1.29, 1.82) is 0 Å². The average Bonchev–Trinajstić information content (AvgIpc) is 1.96. The van der Waals surface area contributed by atoms with Crippen LogP contribution >= 0.6 is 7.92 Å². The third-order valence-corrected chi connectivity index (χ3v) is 3.36. The van der Waals surface area contributed by atoms with Crippen molar-refractivity contribution in [2.75, 3.05) is 19.9 Å². The van der Waals surface area contributed by atoms with Gasteiger partial charge in [-0.3, -0.25) is 0 Å². The molecule has 0 atom stereocenters. The van der Waals surface area contributed by atoms with Crippen molar-refractivity contribution in [2.45, 2.75) is 39.7 Å². The molecule has 0 bridgehead atoms. The third-order valence-electron chi connectivity index (χ3n) is 2.08. The van der Waals surface area contributed by atoms with Crippen LogP contribution in [0, 0.1) is 0 Å². The predicted octanol–water partition coefficient (Wildman–Crippen LogP) is 3.71. The van der Waals surface area contributed by atoms with Gasteiger partial charge in [0.25, 0.3) is 0 Å². The van der Waals surface area contributed by atoms with Gasteiger partial charge in [0.2, 0.25) is 0 Å². The van der Waals surface area contributed by atoms with E-state index in [1.165, 1.54) is 11.9 Å². The van der Waals surface area contributed by atoms with Crippen LogP contribution in [0.25, 0.3) is 0 Å². The van der Waals surface area contributed by atoms with Crippen LogP contribution in [0.5, 0.6) is 0 Å². The van der Waals surface area contributed by atoms with Crippen molar-refractivity contribution < 1.29 is 0 Å². The molecule has 0 aliphatic carbocycles. The summed E-state index contributed by atoms with van der Waals surface area (Å²) in [4.78, 5) is 2.44. The standard InChI is InChI=1S/C11H24NP/c1-8-9-12(11(3,4)5)10(2)13(6)7/h2,8-9H2,1,3-7H3. The fourth-order valence-corrected chi connectivity index (χ4v) is 2.20. The molecule has 0 aliphatic heterocycles. The predicted molar refractivity (Wildman–Crippen MR) is 64.7 cm³/mol. The fraction of sp³-hybridized carbons (Fsp3) is 0.818. The molecule has 0 saturated carbocycles. The van der Waals surface area contributed by atoms with Gasteiger partial charge in [-0.25, -0.2) is 0 Å². The van der Waals surface area contributed by atoms with E-state index in [1.807, 2.05) is 0 Å². The van der Waals surface area contributed by atoms with Gasteiger partial charge in [-0.15, -0.1) is 0 Å². The van der Waals surface area contributed by atoms with Gasteiger partial charge >= 0.3 is 0 Å². The van der Waals surface area contributed by atoms with Crippen LogP contribution in [-0.2, 0) is 0 Å². The Kier molecular flexibility index (Phi) is 4.99. The van der Waals surface area contributed by atoms with Crippen LogP contribution in [0.2, 0.25) is 0 Å². The van der Waals surface area contributed by atoms with Crippen molar-refractivity contribution in [3.8, 4) is 0 Å². The highest BCUT2D eigenvalue weighted by Crippen LogP contribution is 2.40. The Hall–Kier alpha value is -0.0300. The molecule has 0 aromatic rings. The van der Waals surface area contributed by atoms with Gasteiger partial charge in [0.15, 0.2) is 0 Å². The van der Waals surface area contributed by atoms with E-state index in [1.54, 1.807) is 0 Å². The first kappa shape index (κ1) is 13.0. The van der Waals surface area contributed by atoms with Crippen LogP contribution < -0.4 is 0 Å². The van der Waals surface area contributed by atoms with E-state index in [4.69, 9.17) is 0 Å². The maximum absolute atomic E-state index is 4.19. The highest BCUT2D eigenvalue weighted by molar-refractivity contribution is 7.60. The zero-order valence-electron chi connectivity index (χ0n) is 10.0. The summed E-state index contributed by atoms with van der Waals surface area (Å²) in [5, 5.41) is 0. The average molecular weight is 201 g/mol. The molecule has 13 heavy (non-hydrogen) atoms. The molecule has 0 unspecified atom stereocenters. The van der Waals surface area contributed by atoms with Crippen LogP contribution in [0.1, 0.15) is 34.1 Å². The van der Waals surface area contributed by atoms with E-state index >= 15 is 0 Å². The Morgan fingerprint density at radius 2 is 1.77 bits per heavy atom. The van der Waals surface area contributed by atoms with Crippen molar-refractivity contribution >= 4 is 7.92 Å². The normalized spacial score (nSPS) is 11.9. The van der Waals surface area contributed by atoms with Gasteiger partial charge in [0.05, 0.1) is 0 Å². The zero-order valence-corrected chi connectivity index (χ0v) is 10.9. The van der Waals surface area contributed by atoms with Crippen molar-refractivity contribution in [2.24, 2.45) is 0 Å². The summed E-state index contributed by atoms with van der Waals surface area (Å²) in [7, 11) is -0.0454.